The average Bonchev–Trinajstić information content (AvgIpc) is 2.33. The molecule has 0 fully saturated rings. The molecule has 0 heterocycles. The van der Waals surface area contributed by atoms with Crippen LogP contribution in [0.2, 0.25) is 0 Å². The highest BCUT2D eigenvalue weighted by molar-refractivity contribution is 5.75. The van der Waals surface area contributed by atoms with Crippen LogP contribution in [0.5, 0.6) is 5.75 Å². The van der Waals surface area contributed by atoms with Crippen LogP contribution in [0.4, 0.5) is 0 Å². The largest absolute Gasteiger partial charge is 0.507 e. The fraction of sp³-hybridized carbons (Fsp3) is 0.533. The number of phenols is 1. The highest BCUT2D eigenvalue weighted by Crippen LogP contribution is 2.42. The van der Waals surface area contributed by atoms with Gasteiger partial charge in [-0.25, -0.2) is 0 Å². The first-order valence-corrected chi connectivity index (χ1v) is 6.32. The SMILES string of the molecule is Cc1c(C)c2c(c(C)c1O)CCC(C)(C(=O)O)C2. The fourth-order valence-electron chi connectivity index (χ4n) is 2.92. The minimum absolute atomic E-state index is 0.366. The van der Waals surface area contributed by atoms with E-state index in [1.54, 1.807) is 0 Å². The van der Waals surface area contributed by atoms with Crippen LogP contribution in [0.1, 0.15) is 41.2 Å². The Hall–Kier alpha value is -1.51. The third-order valence-corrected chi connectivity index (χ3v) is 4.55. The summed E-state index contributed by atoms with van der Waals surface area (Å²) >= 11 is 0. The number of benzene rings is 1. The van der Waals surface area contributed by atoms with Crippen molar-refractivity contribution in [3.8, 4) is 5.75 Å². The van der Waals surface area contributed by atoms with Gasteiger partial charge in [0.05, 0.1) is 5.41 Å². The van der Waals surface area contributed by atoms with Crippen LogP contribution in [-0.2, 0) is 17.6 Å². The Morgan fingerprint density at radius 3 is 2.28 bits per heavy atom. The Balaban J connectivity index is 2.61. The van der Waals surface area contributed by atoms with Crippen molar-refractivity contribution in [1.29, 1.82) is 0 Å². The predicted molar refractivity (Wildman–Crippen MR) is 70.1 cm³/mol. The maximum absolute atomic E-state index is 11.4. The van der Waals surface area contributed by atoms with Crippen molar-refractivity contribution >= 4 is 5.97 Å². The van der Waals surface area contributed by atoms with E-state index in [1.807, 2.05) is 27.7 Å². The van der Waals surface area contributed by atoms with Crippen molar-refractivity contribution in [2.75, 3.05) is 0 Å². The summed E-state index contributed by atoms with van der Waals surface area (Å²) in [5.41, 5.74) is 4.43. The molecule has 1 aromatic rings. The van der Waals surface area contributed by atoms with E-state index in [-0.39, 0.29) is 0 Å². The van der Waals surface area contributed by atoms with Crippen molar-refractivity contribution in [3.63, 3.8) is 0 Å². The molecule has 1 unspecified atom stereocenters. The lowest BCUT2D eigenvalue weighted by Gasteiger charge is -2.33. The van der Waals surface area contributed by atoms with E-state index in [0.29, 0.717) is 18.6 Å². The molecule has 0 bridgehead atoms. The highest BCUT2D eigenvalue weighted by Gasteiger charge is 2.38. The van der Waals surface area contributed by atoms with Crippen molar-refractivity contribution in [2.45, 2.75) is 47.0 Å². The second-order valence-electron chi connectivity index (χ2n) is 5.72. The molecule has 0 amide bonds. The van der Waals surface area contributed by atoms with E-state index in [4.69, 9.17) is 0 Å². The summed E-state index contributed by atoms with van der Waals surface area (Å²) < 4.78 is 0. The lowest BCUT2D eigenvalue weighted by atomic mass is 9.70. The van der Waals surface area contributed by atoms with Crippen molar-refractivity contribution in [2.24, 2.45) is 5.41 Å². The molecular weight excluding hydrogens is 228 g/mol. The molecule has 2 rings (SSSR count). The van der Waals surface area contributed by atoms with Crippen molar-refractivity contribution in [1.82, 2.24) is 0 Å². The van der Waals surface area contributed by atoms with Crippen LogP contribution in [0.3, 0.4) is 0 Å². The lowest BCUT2D eigenvalue weighted by molar-refractivity contribution is -0.148. The van der Waals surface area contributed by atoms with Crippen LogP contribution in [0, 0.1) is 26.2 Å². The lowest BCUT2D eigenvalue weighted by Crippen LogP contribution is -2.34. The second kappa shape index (κ2) is 4.01. The van der Waals surface area contributed by atoms with E-state index in [9.17, 15) is 15.0 Å². The summed E-state index contributed by atoms with van der Waals surface area (Å²) in [5.74, 6) is -0.360. The molecule has 3 nitrogen and oxygen atoms in total. The van der Waals surface area contributed by atoms with Gasteiger partial charge in [0.2, 0.25) is 0 Å². The molecule has 1 aromatic carbocycles. The van der Waals surface area contributed by atoms with Crippen LogP contribution in [0.15, 0.2) is 0 Å². The molecule has 0 radical (unpaired) electrons. The van der Waals surface area contributed by atoms with E-state index in [0.717, 1.165) is 34.2 Å². The summed E-state index contributed by atoms with van der Waals surface area (Å²) in [5, 5.41) is 19.4. The average molecular weight is 248 g/mol. The van der Waals surface area contributed by atoms with Gasteiger partial charge in [0.25, 0.3) is 0 Å². The summed E-state index contributed by atoms with van der Waals surface area (Å²) in [7, 11) is 0. The molecule has 1 aliphatic carbocycles. The van der Waals surface area contributed by atoms with E-state index < -0.39 is 11.4 Å². The van der Waals surface area contributed by atoms with Gasteiger partial charge >= 0.3 is 5.97 Å². The quantitative estimate of drug-likeness (QED) is 0.803. The topological polar surface area (TPSA) is 57.5 Å². The monoisotopic (exact) mass is 248 g/mol. The summed E-state index contributed by atoms with van der Waals surface area (Å²) in [6.07, 6.45) is 1.93. The van der Waals surface area contributed by atoms with Crippen LogP contribution in [-0.4, -0.2) is 16.2 Å². The second-order valence-corrected chi connectivity index (χ2v) is 5.72. The van der Waals surface area contributed by atoms with Crippen LogP contribution < -0.4 is 0 Å². The first-order valence-electron chi connectivity index (χ1n) is 6.32. The minimum atomic E-state index is -0.726. The van der Waals surface area contributed by atoms with Crippen LogP contribution >= 0.6 is 0 Å². The van der Waals surface area contributed by atoms with Gasteiger partial charge in [0, 0.05) is 0 Å². The molecule has 0 saturated carbocycles. The molecule has 1 atom stereocenters. The number of carbonyl (C=O) groups is 1. The minimum Gasteiger partial charge on any atom is -0.507 e. The van der Waals surface area contributed by atoms with E-state index in [2.05, 4.69) is 0 Å². The zero-order valence-electron chi connectivity index (χ0n) is 11.4. The molecular formula is C15H20O3. The number of carboxylic acid groups (broad SMARTS) is 1. The number of hydrogen-bond acceptors (Lipinski definition) is 2. The number of rotatable bonds is 1. The Morgan fingerprint density at radius 1 is 1.11 bits per heavy atom. The molecule has 2 N–H and O–H groups in total. The normalized spacial score (nSPS) is 22.7. The Kier molecular flexibility index (Phi) is 2.88. The number of aromatic hydroxyl groups is 1. The van der Waals surface area contributed by atoms with Gasteiger partial charge < -0.3 is 10.2 Å². The van der Waals surface area contributed by atoms with Gasteiger partial charge in [-0.3, -0.25) is 4.79 Å². The maximum Gasteiger partial charge on any atom is 0.309 e. The number of carboxylic acids is 1. The third kappa shape index (κ3) is 1.69. The zero-order valence-corrected chi connectivity index (χ0v) is 11.4. The number of phenolic OH excluding ortho intramolecular Hbond substituents is 1. The van der Waals surface area contributed by atoms with Gasteiger partial charge in [-0.2, -0.15) is 0 Å². The first-order chi connectivity index (χ1) is 8.28. The third-order valence-electron chi connectivity index (χ3n) is 4.55. The number of aliphatic carboxylic acids is 1. The summed E-state index contributed by atoms with van der Waals surface area (Å²) in [6, 6.07) is 0. The highest BCUT2D eigenvalue weighted by atomic mass is 16.4. The van der Waals surface area contributed by atoms with Crippen LogP contribution in [0.25, 0.3) is 0 Å². The van der Waals surface area contributed by atoms with Crippen molar-refractivity contribution in [3.05, 3.63) is 27.8 Å². The Morgan fingerprint density at radius 2 is 1.72 bits per heavy atom. The predicted octanol–water partition coefficient (Wildman–Crippen LogP) is 2.90. The zero-order chi connectivity index (χ0) is 13.7. The first kappa shape index (κ1) is 12.9. The maximum atomic E-state index is 11.4. The fourth-order valence-corrected chi connectivity index (χ4v) is 2.92. The Labute approximate surface area is 107 Å². The molecule has 0 aromatic heterocycles. The molecule has 0 saturated heterocycles. The molecule has 98 valence electrons. The van der Waals surface area contributed by atoms with E-state index in [1.165, 1.54) is 0 Å². The molecule has 1 aliphatic rings. The molecule has 0 aliphatic heterocycles. The smallest absolute Gasteiger partial charge is 0.309 e. The molecule has 18 heavy (non-hydrogen) atoms. The van der Waals surface area contributed by atoms with Gasteiger partial charge in [-0.05, 0) is 74.8 Å². The van der Waals surface area contributed by atoms with Gasteiger partial charge in [-0.15, -0.1) is 0 Å². The number of fused-ring (bicyclic) bond motifs is 1. The molecule has 3 heteroatoms. The van der Waals surface area contributed by atoms with Crippen molar-refractivity contribution < 1.29 is 15.0 Å². The van der Waals surface area contributed by atoms with Gasteiger partial charge in [0.15, 0.2) is 0 Å². The van der Waals surface area contributed by atoms with E-state index >= 15 is 0 Å². The summed E-state index contributed by atoms with van der Waals surface area (Å²) in [4.78, 5) is 11.4. The Bertz CT molecular complexity index is 531. The van der Waals surface area contributed by atoms with Gasteiger partial charge in [-0.1, -0.05) is 0 Å². The number of hydrogen-bond donors (Lipinski definition) is 2. The summed E-state index contributed by atoms with van der Waals surface area (Å²) in [6.45, 7) is 7.60. The van der Waals surface area contributed by atoms with Gasteiger partial charge in [0.1, 0.15) is 5.75 Å². The molecule has 0 spiro atoms. The standard InChI is InChI=1S/C15H20O3/c1-8-9(2)13(16)10(3)11-5-6-15(4,14(17)18)7-12(8)11/h16H,5-7H2,1-4H3,(H,17,18).